The van der Waals surface area contributed by atoms with Crippen molar-refractivity contribution in [1.29, 1.82) is 0 Å². The highest BCUT2D eigenvalue weighted by Crippen LogP contribution is 2.35. The Morgan fingerprint density at radius 1 is 1.30 bits per heavy atom. The van der Waals surface area contributed by atoms with Crippen molar-refractivity contribution < 1.29 is 14.0 Å². The van der Waals surface area contributed by atoms with Gasteiger partial charge in [0.1, 0.15) is 11.9 Å². The van der Waals surface area contributed by atoms with Crippen molar-refractivity contribution in [3.05, 3.63) is 29.6 Å². The molecule has 1 aliphatic carbocycles. The molecule has 106 valence electrons. The molecule has 0 spiro atoms. The average Bonchev–Trinajstić information content (AvgIpc) is 3.24. The summed E-state index contributed by atoms with van der Waals surface area (Å²) in [6.07, 6.45) is 2.18. The Morgan fingerprint density at radius 3 is 2.75 bits per heavy atom. The molecule has 20 heavy (non-hydrogen) atoms. The van der Waals surface area contributed by atoms with Crippen LogP contribution in [0.5, 0.6) is 0 Å². The van der Waals surface area contributed by atoms with Gasteiger partial charge in [-0.2, -0.15) is 0 Å². The van der Waals surface area contributed by atoms with Crippen LogP contribution in [0, 0.1) is 18.7 Å². The van der Waals surface area contributed by atoms with Crippen LogP contribution in [0.4, 0.5) is 10.1 Å². The van der Waals surface area contributed by atoms with E-state index < -0.39 is 6.04 Å². The van der Waals surface area contributed by atoms with E-state index in [0.717, 1.165) is 12.8 Å². The minimum atomic E-state index is -0.451. The minimum Gasteiger partial charge on any atom is -0.344 e. The van der Waals surface area contributed by atoms with Crippen LogP contribution in [0.2, 0.25) is 0 Å². The molecule has 1 aromatic rings. The van der Waals surface area contributed by atoms with Gasteiger partial charge in [-0.1, -0.05) is 6.07 Å². The fourth-order valence-electron chi connectivity index (χ4n) is 2.68. The van der Waals surface area contributed by atoms with Crippen molar-refractivity contribution >= 4 is 17.5 Å². The third-order valence-electron chi connectivity index (χ3n) is 4.03. The van der Waals surface area contributed by atoms with E-state index in [1.54, 1.807) is 24.0 Å². The molecule has 1 saturated carbocycles. The molecule has 1 N–H and O–H groups in total. The highest BCUT2D eigenvalue weighted by atomic mass is 19.1. The van der Waals surface area contributed by atoms with Crippen molar-refractivity contribution in [2.24, 2.45) is 5.92 Å². The number of benzene rings is 1. The maximum absolute atomic E-state index is 13.7. The third kappa shape index (κ3) is 2.28. The van der Waals surface area contributed by atoms with Gasteiger partial charge in [0.15, 0.2) is 0 Å². The molecule has 4 nitrogen and oxygen atoms in total. The van der Waals surface area contributed by atoms with Crippen LogP contribution in [0.3, 0.4) is 0 Å². The first kappa shape index (κ1) is 13.1. The first-order valence-corrected chi connectivity index (χ1v) is 6.94. The van der Waals surface area contributed by atoms with E-state index in [2.05, 4.69) is 5.32 Å². The summed E-state index contributed by atoms with van der Waals surface area (Å²) < 4.78 is 13.7. The predicted molar refractivity (Wildman–Crippen MR) is 72.8 cm³/mol. The number of nitrogens with one attached hydrogen (secondary N) is 1. The minimum absolute atomic E-state index is 0.105. The summed E-state index contributed by atoms with van der Waals surface area (Å²) >= 11 is 0. The SMILES string of the molecule is Cc1c(F)cccc1N1CCC(=O)NC(C2CC2)C1=O. The van der Waals surface area contributed by atoms with Crippen LogP contribution < -0.4 is 10.2 Å². The van der Waals surface area contributed by atoms with Gasteiger partial charge < -0.3 is 10.2 Å². The van der Waals surface area contributed by atoms with Crippen molar-refractivity contribution in [1.82, 2.24) is 5.32 Å². The second kappa shape index (κ2) is 4.89. The van der Waals surface area contributed by atoms with Crippen LogP contribution in [-0.2, 0) is 9.59 Å². The lowest BCUT2D eigenvalue weighted by Gasteiger charge is -2.25. The fraction of sp³-hybridized carbons (Fsp3) is 0.467. The first-order chi connectivity index (χ1) is 9.58. The number of carbonyl (C=O) groups is 2. The highest BCUT2D eigenvalue weighted by Gasteiger charge is 2.41. The second-order valence-electron chi connectivity index (χ2n) is 5.51. The summed E-state index contributed by atoms with van der Waals surface area (Å²) in [5, 5.41) is 2.80. The lowest BCUT2D eigenvalue weighted by molar-refractivity contribution is -0.126. The Balaban J connectivity index is 1.96. The van der Waals surface area contributed by atoms with Crippen LogP contribution in [-0.4, -0.2) is 24.4 Å². The van der Waals surface area contributed by atoms with E-state index in [1.165, 1.54) is 6.07 Å². The maximum Gasteiger partial charge on any atom is 0.249 e. The first-order valence-electron chi connectivity index (χ1n) is 6.94. The Bertz CT molecular complexity index is 569. The number of halogens is 1. The molecule has 5 heteroatoms. The van der Waals surface area contributed by atoms with Crippen molar-refractivity contribution in [2.45, 2.75) is 32.2 Å². The van der Waals surface area contributed by atoms with Crippen molar-refractivity contribution in [3.63, 3.8) is 0 Å². The standard InChI is InChI=1S/C15H17FN2O2/c1-9-11(16)3-2-4-12(9)18-8-7-13(19)17-14(15(18)20)10-5-6-10/h2-4,10,14H,5-8H2,1H3,(H,17,19). The summed E-state index contributed by atoms with van der Waals surface area (Å²) in [5.41, 5.74) is 1.02. The number of hydrogen-bond acceptors (Lipinski definition) is 2. The zero-order chi connectivity index (χ0) is 14.3. The normalized spacial score (nSPS) is 23.5. The number of hydrogen-bond donors (Lipinski definition) is 1. The van der Waals surface area contributed by atoms with Gasteiger partial charge in [0.25, 0.3) is 0 Å². The van der Waals surface area contributed by atoms with Gasteiger partial charge >= 0.3 is 0 Å². The maximum atomic E-state index is 13.7. The van der Waals surface area contributed by atoms with Crippen LogP contribution >= 0.6 is 0 Å². The van der Waals surface area contributed by atoms with Gasteiger partial charge in [0.05, 0.1) is 0 Å². The predicted octanol–water partition coefficient (Wildman–Crippen LogP) is 1.77. The van der Waals surface area contributed by atoms with E-state index in [1.807, 2.05) is 0 Å². The van der Waals surface area contributed by atoms with Crippen LogP contribution in [0.1, 0.15) is 24.8 Å². The van der Waals surface area contributed by atoms with Crippen molar-refractivity contribution in [3.8, 4) is 0 Å². The third-order valence-corrected chi connectivity index (χ3v) is 4.03. The lowest BCUT2D eigenvalue weighted by atomic mass is 10.1. The molecular weight excluding hydrogens is 259 g/mol. The van der Waals surface area contributed by atoms with Gasteiger partial charge in [-0.05, 0) is 37.8 Å². The number of anilines is 1. The molecule has 0 bridgehead atoms. The molecule has 1 atom stereocenters. The molecule has 0 radical (unpaired) electrons. The van der Waals surface area contributed by atoms with E-state index >= 15 is 0 Å². The van der Waals surface area contributed by atoms with Gasteiger partial charge in [0, 0.05) is 24.2 Å². The Kier molecular flexibility index (Phi) is 3.20. The monoisotopic (exact) mass is 276 g/mol. The number of amides is 2. The molecule has 1 saturated heterocycles. The van der Waals surface area contributed by atoms with E-state index in [4.69, 9.17) is 0 Å². The Hall–Kier alpha value is -1.91. The van der Waals surface area contributed by atoms with Gasteiger partial charge in [-0.3, -0.25) is 9.59 Å². The summed E-state index contributed by atoms with van der Waals surface area (Å²) in [5.74, 6) is -0.318. The lowest BCUT2D eigenvalue weighted by Crippen LogP contribution is -2.46. The van der Waals surface area contributed by atoms with E-state index in [-0.39, 0.29) is 30.0 Å². The zero-order valence-electron chi connectivity index (χ0n) is 11.4. The Labute approximate surface area is 117 Å². The smallest absolute Gasteiger partial charge is 0.249 e. The zero-order valence-corrected chi connectivity index (χ0v) is 11.4. The number of carbonyl (C=O) groups excluding carboxylic acids is 2. The van der Waals surface area contributed by atoms with Crippen LogP contribution in [0.25, 0.3) is 0 Å². The van der Waals surface area contributed by atoms with E-state index in [9.17, 15) is 14.0 Å². The van der Waals surface area contributed by atoms with Gasteiger partial charge in [0.2, 0.25) is 11.8 Å². The number of rotatable bonds is 2. The van der Waals surface area contributed by atoms with Crippen LogP contribution in [0.15, 0.2) is 18.2 Å². The molecular formula is C15H17FN2O2. The highest BCUT2D eigenvalue weighted by molar-refractivity contribution is 6.02. The summed E-state index contributed by atoms with van der Waals surface area (Å²) in [4.78, 5) is 25.9. The molecule has 1 unspecified atom stereocenters. The molecule has 1 aromatic carbocycles. The quantitative estimate of drug-likeness (QED) is 0.895. The number of nitrogens with zero attached hydrogens (tertiary/aromatic N) is 1. The van der Waals surface area contributed by atoms with Crippen molar-refractivity contribution in [2.75, 3.05) is 11.4 Å². The molecule has 1 heterocycles. The summed E-state index contributed by atoms with van der Waals surface area (Å²) in [6, 6.07) is 4.25. The molecule has 2 fully saturated rings. The second-order valence-corrected chi connectivity index (χ2v) is 5.51. The average molecular weight is 276 g/mol. The summed E-state index contributed by atoms with van der Waals surface area (Å²) in [6.45, 7) is 1.96. The summed E-state index contributed by atoms with van der Waals surface area (Å²) in [7, 11) is 0. The molecule has 3 rings (SSSR count). The van der Waals surface area contributed by atoms with Gasteiger partial charge in [-0.25, -0.2) is 4.39 Å². The fourth-order valence-corrected chi connectivity index (χ4v) is 2.68. The molecule has 0 aromatic heterocycles. The molecule has 2 aliphatic rings. The largest absolute Gasteiger partial charge is 0.344 e. The van der Waals surface area contributed by atoms with Gasteiger partial charge in [-0.15, -0.1) is 0 Å². The molecule has 1 aliphatic heterocycles. The molecule has 2 amide bonds. The Morgan fingerprint density at radius 2 is 2.05 bits per heavy atom. The van der Waals surface area contributed by atoms with E-state index in [0.29, 0.717) is 17.8 Å². The topological polar surface area (TPSA) is 49.4 Å².